The first-order valence-corrected chi connectivity index (χ1v) is 4.68. The SMILES string of the molecule is C=C(OCC)c1ccc(C(N)=O)s1. The highest BCUT2D eigenvalue weighted by molar-refractivity contribution is 7.15. The van der Waals surface area contributed by atoms with Crippen LogP contribution in [0.4, 0.5) is 0 Å². The first kappa shape index (κ1) is 9.80. The van der Waals surface area contributed by atoms with Crippen LogP contribution in [-0.2, 0) is 4.74 Å². The quantitative estimate of drug-likeness (QED) is 0.749. The molecule has 0 unspecified atom stereocenters. The molecule has 0 fully saturated rings. The highest BCUT2D eigenvalue weighted by Crippen LogP contribution is 2.23. The number of hydrogen-bond donors (Lipinski definition) is 1. The second-order valence-corrected chi connectivity index (χ2v) is 3.47. The molecule has 0 radical (unpaired) electrons. The molecule has 0 aliphatic rings. The zero-order valence-electron chi connectivity index (χ0n) is 7.37. The fraction of sp³-hybridized carbons (Fsp3) is 0.222. The summed E-state index contributed by atoms with van der Waals surface area (Å²) in [5, 5.41) is 0. The van der Waals surface area contributed by atoms with Gasteiger partial charge in [0.15, 0.2) is 0 Å². The standard InChI is InChI=1S/C9H11NO2S/c1-3-12-6(2)7-4-5-8(13-7)9(10)11/h4-5H,2-3H2,1H3,(H2,10,11). The molecule has 4 heteroatoms. The van der Waals surface area contributed by atoms with Crippen LogP contribution in [0.15, 0.2) is 18.7 Å². The van der Waals surface area contributed by atoms with Crippen molar-refractivity contribution in [2.75, 3.05) is 6.61 Å². The van der Waals surface area contributed by atoms with Gasteiger partial charge in [0.05, 0.1) is 16.4 Å². The number of carbonyl (C=O) groups is 1. The van der Waals surface area contributed by atoms with Crippen LogP contribution in [0.1, 0.15) is 21.5 Å². The van der Waals surface area contributed by atoms with Crippen LogP contribution in [-0.4, -0.2) is 12.5 Å². The molecule has 0 aliphatic heterocycles. The summed E-state index contributed by atoms with van der Waals surface area (Å²) in [5.74, 6) is 0.167. The Balaban J connectivity index is 2.79. The van der Waals surface area contributed by atoms with E-state index in [1.165, 1.54) is 11.3 Å². The third kappa shape index (κ3) is 2.32. The van der Waals surface area contributed by atoms with Crippen molar-refractivity contribution in [3.8, 4) is 0 Å². The van der Waals surface area contributed by atoms with Crippen LogP contribution in [0.5, 0.6) is 0 Å². The van der Waals surface area contributed by atoms with Gasteiger partial charge in [0.25, 0.3) is 5.91 Å². The van der Waals surface area contributed by atoms with E-state index in [4.69, 9.17) is 10.5 Å². The molecule has 0 aromatic carbocycles. The van der Waals surface area contributed by atoms with Crippen molar-refractivity contribution < 1.29 is 9.53 Å². The summed E-state index contributed by atoms with van der Waals surface area (Å²) in [6.45, 7) is 6.18. The number of hydrogen-bond acceptors (Lipinski definition) is 3. The molecule has 0 spiro atoms. The van der Waals surface area contributed by atoms with Crippen LogP contribution in [0.3, 0.4) is 0 Å². The average molecular weight is 197 g/mol. The number of amides is 1. The molecule has 0 aliphatic carbocycles. The normalized spacial score (nSPS) is 9.62. The van der Waals surface area contributed by atoms with Gasteiger partial charge in [-0.3, -0.25) is 4.79 Å². The Kier molecular flexibility index (Phi) is 3.08. The fourth-order valence-corrected chi connectivity index (χ4v) is 1.65. The van der Waals surface area contributed by atoms with Gasteiger partial charge in [0.2, 0.25) is 0 Å². The molecule has 0 saturated carbocycles. The lowest BCUT2D eigenvalue weighted by Gasteiger charge is -2.02. The molecule has 1 aromatic rings. The maximum absolute atomic E-state index is 10.8. The molecule has 13 heavy (non-hydrogen) atoms. The molecule has 70 valence electrons. The van der Waals surface area contributed by atoms with Crippen LogP contribution in [0.25, 0.3) is 5.76 Å². The highest BCUT2D eigenvalue weighted by Gasteiger charge is 2.07. The first-order valence-electron chi connectivity index (χ1n) is 3.87. The topological polar surface area (TPSA) is 52.3 Å². The Morgan fingerprint density at radius 3 is 2.69 bits per heavy atom. The number of thiophene rings is 1. The van der Waals surface area contributed by atoms with Crippen molar-refractivity contribution in [2.24, 2.45) is 5.73 Å². The summed E-state index contributed by atoms with van der Waals surface area (Å²) in [5.41, 5.74) is 5.10. The van der Waals surface area contributed by atoms with Crippen LogP contribution >= 0.6 is 11.3 Å². The average Bonchev–Trinajstić information content (AvgIpc) is 2.52. The third-order valence-corrected chi connectivity index (χ3v) is 2.58. The van der Waals surface area contributed by atoms with Crippen LogP contribution in [0, 0.1) is 0 Å². The van der Waals surface area contributed by atoms with Gasteiger partial charge in [-0.25, -0.2) is 0 Å². The van der Waals surface area contributed by atoms with Crippen molar-refractivity contribution in [2.45, 2.75) is 6.92 Å². The van der Waals surface area contributed by atoms with E-state index in [-0.39, 0.29) is 0 Å². The monoisotopic (exact) mass is 197 g/mol. The second-order valence-electron chi connectivity index (χ2n) is 2.38. The minimum Gasteiger partial charge on any atom is -0.493 e. The molecular weight excluding hydrogens is 186 g/mol. The van der Waals surface area contributed by atoms with Gasteiger partial charge < -0.3 is 10.5 Å². The molecule has 0 bridgehead atoms. The van der Waals surface area contributed by atoms with Gasteiger partial charge in [-0.1, -0.05) is 6.58 Å². The summed E-state index contributed by atoms with van der Waals surface area (Å²) < 4.78 is 5.18. The van der Waals surface area contributed by atoms with Crippen LogP contribution < -0.4 is 5.73 Å². The van der Waals surface area contributed by atoms with Gasteiger partial charge >= 0.3 is 0 Å². The van der Waals surface area contributed by atoms with E-state index in [1.54, 1.807) is 12.1 Å². The Hall–Kier alpha value is -1.29. The molecule has 1 rings (SSSR count). The lowest BCUT2D eigenvalue weighted by Crippen LogP contribution is -2.08. The van der Waals surface area contributed by atoms with E-state index in [1.807, 2.05) is 6.92 Å². The van der Waals surface area contributed by atoms with Crippen molar-refractivity contribution >= 4 is 23.0 Å². The van der Waals surface area contributed by atoms with E-state index in [2.05, 4.69) is 6.58 Å². The fourth-order valence-electron chi connectivity index (χ4n) is 0.866. The van der Waals surface area contributed by atoms with E-state index in [9.17, 15) is 4.79 Å². The lowest BCUT2D eigenvalue weighted by atomic mass is 10.4. The van der Waals surface area contributed by atoms with Crippen molar-refractivity contribution in [3.63, 3.8) is 0 Å². The lowest BCUT2D eigenvalue weighted by molar-refractivity contribution is 0.100. The van der Waals surface area contributed by atoms with Gasteiger partial charge in [0.1, 0.15) is 5.76 Å². The summed E-state index contributed by atoms with van der Waals surface area (Å²) in [7, 11) is 0. The third-order valence-electron chi connectivity index (χ3n) is 1.44. The molecule has 1 aromatic heterocycles. The minimum atomic E-state index is -0.416. The molecule has 3 nitrogen and oxygen atoms in total. The number of rotatable bonds is 4. The predicted octanol–water partition coefficient (Wildman–Crippen LogP) is 1.85. The maximum atomic E-state index is 10.8. The first-order chi connectivity index (χ1) is 6.15. The Labute approximate surface area is 80.8 Å². The predicted molar refractivity (Wildman–Crippen MR) is 53.5 cm³/mol. The molecule has 1 heterocycles. The number of ether oxygens (including phenoxy) is 1. The zero-order valence-corrected chi connectivity index (χ0v) is 8.19. The minimum absolute atomic E-state index is 0.416. The zero-order chi connectivity index (χ0) is 9.84. The molecule has 0 saturated heterocycles. The van der Waals surface area contributed by atoms with E-state index < -0.39 is 5.91 Å². The maximum Gasteiger partial charge on any atom is 0.258 e. The van der Waals surface area contributed by atoms with Gasteiger partial charge in [0, 0.05) is 0 Å². The van der Waals surface area contributed by atoms with Crippen molar-refractivity contribution in [1.82, 2.24) is 0 Å². The summed E-state index contributed by atoms with van der Waals surface area (Å²) >= 11 is 1.29. The van der Waals surface area contributed by atoms with E-state index in [0.717, 1.165) is 4.88 Å². The number of carbonyl (C=O) groups excluding carboxylic acids is 1. The van der Waals surface area contributed by atoms with Crippen molar-refractivity contribution in [1.29, 1.82) is 0 Å². The summed E-state index contributed by atoms with van der Waals surface area (Å²) in [6.07, 6.45) is 0. The van der Waals surface area contributed by atoms with E-state index >= 15 is 0 Å². The molecular formula is C9H11NO2S. The van der Waals surface area contributed by atoms with Gasteiger partial charge in [-0.15, -0.1) is 11.3 Å². The van der Waals surface area contributed by atoms with E-state index in [0.29, 0.717) is 17.2 Å². The number of primary amides is 1. The van der Waals surface area contributed by atoms with Gasteiger partial charge in [-0.05, 0) is 19.1 Å². The van der Waals surface area contributed by atoms with Gasteiger partial charge in [-0.2, -0.15) is 0 Å². The summed E-state index contributed by atoms with van der Waals surface area (Å²) in [6, 6.07) is 3.45. The Morgan fingerprint density at radius 1 is 1.62 bits per heavy atom. The summed E-state index contributed by atoms with van der Waals surface area (Å²) in [4.78, 5) is 12.1. The number of nitrogens with two attached hydrogens (primary N) is 1. The largest absolute Gasteiger partial charge is 0.493 e. The van der Waals surface area contributed by atoms with Crippen LogP contribution in [0.2, 0.25) is 0 Å². The molecule has 0 atom stereocenters. The highest BCUT2D eigenvalue weighted by atomic mass is 32.1. The molecule has 2 N–H and O–H groups in total. The second kappa shape index (κ2) is 4.09. The smallest absolute Gasteiger partial charge is 0.258 e. The van der Waals surface area contributed by atoms with Crippen molar-refractivity contribution in [3.05, 3.63) is 28.5 Å². The Morgan fingerprint density at radius 2 is 2.23 bits per heavy atom. The molecule has 1 amide bonds. The Bertz CT molecular complexity index is 330.